The summed E-state index contributed by atoms with van der Waals surface area (Å²) >= 11 is 1.85. The third kappa shape index (κ3) is 4.53. The Morgan fingerprint density at radius 1 is 1.27 bits per heavy atom. The number of hydrogen-bond acceptors (Lipinski definition) is 5. The summed E-state index contributed by atoms with van der Waals surface area (Å²) in [5.74, 6) is 6.78. The summed E-state index contributed by atoms with van der Waals surface area (Å²) in [6.45, 7) is 5.22. The van der Waals surface area contributed by atoms with Crippen LogP contribution in [0.25, 0.3) is 11.0 Å². The van der Waals surface area contributed by atoms with Crippen molar-refractivity contribution in [2.45, 2.75) is 26.1 Å². The monoisotopic (exact) mass is 366 g/mol. The molecule has 0 amide bonds. The van der Waals surface area contributed by atoms with Crippen LogP contribution in [0, 0.1) is 18.9 Å². The topological polar surface area (TPSA) is 47.3 Å². The van der Waals surface area contributed by atoms with E-state index in [1.807, 2.05) is 48.3 Å². The molecule has 0 saturated carbocycles. The second-order valence-electron chi connectivity index (χ2n) is 5.72. The van der Waals surface area contributed by atoms with Gasteiger partial charge in [0.05, 0.1) is 11.1 Å². The molecular weight excluding hydrogens is 344 g/mol. The predicted octanol–water partition coefficient (Wildman–Crippen LogP) is 4.52. The highest BCUT2D eigenvalue weighted by Gasteiger charge is 2.14. The van der Waals surface area contributed by atoms with Crippen LogP contribution in [0.4, 0.5) is 0 Å². The highest BCUT2D eigenvalue weighted by atomic mass is 32.2. The highest BCUT2D eigenvalue weighted by molar-refractivity contribution is 7.98. The number of aromatic nitrogens is 1. The van der Waals surface area contributed by atoms with E-state index in [4.69, 9.17) is 9.15 Å². The van der Waals surface area contributed by atoms with E-state index in [-0.39, 0.29) is 0 Å². The zero-order valence-electron chi connectivity index (χ0n) is 15.0. The lowest BCUT2D eigenvalue weighted by atomic mass is 10.1. The molecule has 0 saturated heterocycles. The van der Waals surface area contributed by atoms with Gasteiger partial charge in [-0.1, -0.05) is 19.1 Å². The van der Waals surface area contributed by atoms with Gasteiger partial charge in [0.15, 0.2) is 6.61 Å². The van der Waals surface area contributed by atoms with Crippen molar-refractivity contribution in [3.63, 3.8) is 0 Å². The number of nitrogens with one attached hydrogen (secondary N) is 1. The van der Waals surface area contributed by atoms with Gasteiger partial charge in [-0.15, -0.1) is 0 Å². The predicted molar refractivity (Wildman–Crippen MR) is 107 cm³/mol. The minimum atomic E-state index is 0.322. The summed E-state index contributed by atoms with van der Waals surface area (Å²) in [4.78, 5) is 4.07. The molecule has 4 nitrogen and oxygen atoms in total. The molecule has 1 N–H and O–H groups in total. The van der Waals surface area contributed by atoms with Crippen molar-refractivity contribution in [2.75, 3.05) is 12.4 Å². The van der Waals surface area contributed by atoms with Gasteiger partial charge in [0.25, 0.3) is 0 Å². The number of pyridine rings is 1. The first kappa shape index (κ1) is 18.2. The molecule has 3 aromatic rings. The van der Waals surface area contributed by atoms with Gasteiger partial charge >= 0.3 is 0 Å². The first-order valence-corrected chi connectivity index (χ1v) is 9.76. The van der Waals surface area contributed by atoms with Crippen LogP contribution < -0.4 is 10.1 Å². The summed E-state index contributed by atoms with van der Waals surface area (Å²) in [6.07, 6.45) is 3.58. The lowest BCUT2D eigenvalue weighted by Gasteiger charge is -2.04. The Morgan fingerprint density at radius 3 is 3.00 bits per heavy atom. The Bertz CT molecular complexity index is 910. The van der Waals surface area contributed by atoms with Crippen LogP contribution in [0.2, 0.25) is 0 Å². The fraction of sp³-hybridized carbons (Fsp3) is 0.286. The molecule has 26 heavy (non-hydrogen) atoms. The van der Waals surface area contributed by atoms with E-state index in [1.165, 1.54) is 0 Å². The van der Waals surface area contributed by atoms with Gasteiger partial charge in [-0.25, -0.2) is 0 Å². The molecule has 1 aromatic carbocycles. The third-order valence-electron chi connectivity index (χ3n) is 3.94. The van der Waals surface area contributed by atoms with Crippen LogP contribution in [0.15, 0.2) is 47.1 Å². The summed E-state index contributed by atoms with van der Waals surface area (Å²) in [6, 6.07) is 12.7. The molecule has 3 rings (SSSR count). The van der Waals surface area contributed by atoms with E-state index in [0.29, 0.717) is 13.2 Å². The molecule has 0 aliphatic heterocycles. The number of rotatable bonds is 7. The number of ether oxygens (including phenoxy) is 1. The van der Waals surface area contributed by atoms with Crippen molar-refractivity contribution < 1.29 is 9.15 Å². The normalized spacial score (nSPS) is 10.4. The molecule has 134 valence electrons. The van der Waals surface area contributed by atoms with Crippen molar-refractivity contribution in [3.8, 4) is 17.7 Å². The summed E-state index contributed by atoms with van der Waals surface area (Å²) < 4.78 is 11.9. The van der Waals surface area contributed by atoms with Crippen LogP contribution in [0.1, 0.15) is 23.8 Å². The van der Waals surface area contributed by atoms with Gasteiger partial charge in [0, 0.05) is 30.5 Å². The zero-order chi connectivity index (χ0) is 18.2. The van der Waals surface area contributed by atoms with Crippen molar-refractivity contribution in [3.05, 3.63) is 59.6 Å². The van der Waals surface area contributed by atoms with E-state index >= 15 is 0 Å². The standard InChI is InChI=1S/C21H22N2O2S/c1-3-26-15-20-16(2)21-18(8-4-9-19(21)25-20)24-12-6-11-23-14-17-7-5-10-22-13-17/h4-5,7-10,13,23H,3,12,14-15H2,1-2H3. The zero-order valence-corrected chi connectivity index (χ0v) is 15.9. The number of furan rings is 1. The van der Waals surface area contributed by atoms with Crippen molar-refractivity contribution in [1.29, 1.82) is 0 Å². The Labute approximate surface area is 158 Å². The SMILES string of the molecule is CCSCc1oc2cccc(OCC#CNCc3cccnc3)c2c1C. The van der Waals surface area contributed by atoms with Crippen molar-refractivity contribution in [2.24, 2.45) is 0 Å². The van der Waals surface area contributed by atoms with Gasteiger partial charge in [0.1, 0.15) is 17.1 Å². The minimum absolute atomic E-state index is 0.322. The molecule has 0 bridgehead atoms. The number of aryl methyl sites for hydroxylation is 1. The minimum Gasteiger partial charge on any atom is -0.480 e. The number of hydrogen-bond donors (Lipinski definition) is 1. The first-order valence-electron chi connectivity index (χ1n) is 8.60. The van der Waals surface area contributed by atoms with Gasteiger partial charge in [0.2, 0.25) is 0 Å². The number of thioether (sulfide) groups is 1. The maximum absolute atomic E-state index is 5.98. The molecule has 0 unspecified atom stereocenters. The molecule has 0 spiro atoms. The molecule has 0 atom stereocenters. The number of nitrogens with zero attached hydrogens (tertiary/aromatic N) is 1. The highest BCUT2D eigenvalue weighted by Crippen LogP contribution is 2.34. The van der Waals surface area contributed by atoms with Gasteiger partial charge in [-0.3, -0.25) is 4.98 Å². The quantitative estimate of drug-likeness (QED) is 0.492. The average Bonchev–Trinajstić information content (AvgIpc) is 3.00. The van der Waals surface area contributed by atoms with Gasteiger partial charge < -0.3 is 14.5 Å². The summed E-state index contributed by atoms with van der Waals surface area (Å²) in [5.41, 5.74) is 3.12. The fourth-order valence-corrected chi connectivity index (χ4v) is 3.29. The van der Waals surface area contributed by atoms with E-state index in [1.54, 1.807) is 6.20 Å². The van der Waals surface area contributed by atoms with E-state index in [0.717, 1.165) is 45.1 Å². The van der Waals surface area contributed by atoms with Crippen molar-refractivity contribution >= 4 is 22.7 Å². The van der Waals surface area contributed by atoms with E-state index < -0.39 is 0 Å². The van der Waals surface area contributed by atoms with Crippen LogP contribution >= 0.6 is 11.8 Å². The van der Waals surface area contributed by atoms with Crippen LogP contribution in [0.3, 0.4) is 0 Å². The number of benzene rings is 1. The number of fused-ring (bicyclic) bond motifs is 1. The maximum Gasteiger partial charge on any atom is 0.150 e. The molecular formula is C21H22N2O2S. The molecule has 0 fully saturated rings. The third-order valence-corrected chi connectivity index (χ3v) is 4.82. The molecule has 0 aliphatic rings. The van der Waals surface area contributed by atoms with Gasteiger partial charge in [-0.05, 0) is 42.4 Å². The summed E-state index contributed by atoms with van der Waals surface area (Å²) in [5, 5.41) is 4.11. The molecule has 2 aromatic heterocycles. The lowest BCUT2D eigenvalue weighted by Crippen LogP contribution is -2.06. The molecule has 2 heterocycles. The largest absolute Gasteiger partial charge is 0.480 e. The lowest BCUT2D eigenvalue weighted by molar-refractivity contribution is 0.374. The Hall–Kier alpha value is -2.58. The smallest absolute Gasteiger partial charge is 0.150 e. The Balaban J connectivity index is 1.60. The average molecular weight is 366 g/mol. The van der Waals surface area contributed by atoms with Crippen molar-refractivity contribution in [1.82, 2.24) is 10.3 Å². The Kier molecular flexibility index (Phi) is 6.45. The second-order valence-corrected chi connectivity index (χ2v) is 7.00. The van der Waals surface area contributed by atoms with E-state index in [2.05, 4.69) is 36.1 Å². The van der Waals surface area contributed by atoms with Crippen LogP contribution in [-0.4, -0.2) is 17.3 Å². The summed E-state index contributed by atoms with van der Waals surface area (Å²) in [7, 11) is 0. The van der Waals surface area contributed by atoms with Crippen LogP contribution in [0.5, 0.6) is 5.75 Å². The maximum atomic E-state index is 5.98. The first-order chi connectivity index (χ1) is 12.8. The fourth-order valence-electron chi connectivity index (χ4n) is 2.63. The van der Waals surface area contributed by atoms with Gasteiger partial charge in [-0.2, -0.15) is 11.8 Å². The second kappa shape index (κ2) is 9.21. The molecule has 0 aliphatic carbocycles. The Morgan fingerprint density at radius 2 is 2.19 bits per heavy atom. The van der Waals surface area contributed by atoms with E-state index in [9.17, 15) is 0 Å². The molecule has 5 heteroatoms. The van der Waals surface area contributed by atoms with Crippen LogP contribution in [-0.2, 0) is 12.3 Å². The molecule has 0 radical (unpaired) electrons.